The van der Waals surface area contributed by atoms with E-state index in [1.165, 1.54) is 12.0 Å². The average molecular weight is 1210 g/mol. The van der Waals surface area contributed by atoms with Crippen LogP contribution in [0.15, 0.2) is 72.4 Å². The monoisotopic (exact) mass is 1210 g/mol. The molecule has 3 aliphatic rings. The van der Waals surface area contributed by atoms with Crippen molar-refractivity contribution < 1.29 is 67.1 Å². The predicted octanol–water partition coefficient (Wildman–Crippen LogP) is 8.64. The van der Waals surface area contributed by atoms with E-state index in [1.54, 1.807) is 57.3 Å². The van der Waals surface area contributed by atoms with Gasteiger partial charge in [-0.2, -0.15) is 0 Å². The smallest absolute Gasteiger partial charge is 0.412 e. The minimum absolute atomic E-state index is 0.0194. The van der Waals surface area contributed by atoms with E-state index in [0.717, 1.165) is 16.7 Å². The number of methoxy groups -OCH3 is 1. The van der Waals surface area contributed by atoms with E-state index < -0.39 is 89.4 Å². The largest absolute Gasteiger partial charge is 0.462 e. The molecule has 3 heterocycles. The molecule has 2 aromatic carbocycles. The number of hydrogen-bond donors (Lipinski definition) is 5. The Bertz CT molecular complexity index is 2700. The zero-order chi connectivity index (χ0) is 59.9. The highest BCUT2D eigenvalue weighted by Gasteiger charge is 2.64. The number of esters is 2. The highest BCUT2D eigenvalue weighted by Crippen LogP contribution is 2.50. The molecule has 6 N–H and O–H groups in total. The number of ether oxygens (including phenoxy) is 5. The molecule has 4 bridgehead atoms. The van der Waals surface area contributed by atoms with E-state index in [-0.39, 0.29) is 75.1 Å². The van der Waals surface area contributed by atoms with E-state index in [1.807, 2.05) is 52.8 Å². The summed E-state index contributed by atoms with van der Waals surface area (Å²) in [6.07, 6.45) is 2.69. The Morgan fingerprint density at radius 2 is 1.74 bits per heavy atom. The molecular weight excluding hydrogens is 1130 g/mol. The number of amides is 5. The lowest BCUT2D eigenvalue weighted by molar-refractivity contribution is -0.187. The minimum atomic E-state index is -1.62. The maximum atomic E-state index is 14.4. The molecule has 0 spiro atoms. The van der Waals surface area contributed by atoms with Crippen LogP contribution >= 0.6 is 27.5 Å². The first-order chi connectivity index (χ1) is 38.2. The first kappa shape index (κ1) is 65.9. The number of nitrogens with zero attached hydrogens (tertiary/aromatic N) is 1. The van der Waals surface area contributed by atoms with Gasteiger partial charge in [-0.05, 0) is 107 Å². The SMILES string of the molecule is C=C(CBr)C(=O)OC(C)CCCCC(=O)C[C@H](C(=O)N[C@@H](CCCNC(N)=O)C(=O)Cc1ccc(NC(=O)O[C@H]2CC(=O)N(C)c3cc(cc(C)c3Cl)C/C(C)=C/C=C/[C@@H](OC)[C@]3(O)CC(=O)O[C@@H](C3)[C@@H](C)[C@@H]3O[C@@]23C)cc1)C(C)C. The van der Waals surface area contributed by atoms with Crippen molar-refractivity contribution in [2.24, 2.45) is 23.5 Å². The fraction of sp³-hybridized carbons (Fsp3) is 0.567. The minimum Gasteiger partial charge on any atom is -0.462 e. The van der Waals surface area contributed by atoms with Crippen LogP contribution in [0, 0.1) is 24.7 Å². The van der Waals surface area contributed by atoms with Crippen LogP contribution in [0.25, 0.3) is 0 Å². The van der Waals surface area contributed by atoms with Crippen molar-refractivity contribution in [1.82, 2.24) is 10.6 Å². The maximum Gasteiger partial charge on any atom is 0.412 e. The highest BCUT2D eigenvalue weighted by molar-refractivity contribution is 9.09. The topological polar surface area (TPSA) is 272 Å². The number of benzene rings is 2. The van der Waals surface area contributed by atoms with Crippen molar-refractivity contribution in [3.8, 4) is 0 Å². The first-order valence-corrected chi connectivity index (χ1v) is 29.1. The summed E-state index contributed by atoms with van der Waals surface area (Å²) in [6, 6.07) is 8.48. The third-order valence-electron chi connectivity index (χ3n) is 15.4. The number of ketones is 2. The molecule has 2 aromatic rings. The summed E-state index contributed by atoms with van der Waals surface area (Å²) in [6.45, 7) is 16.6. The zero-order valence-electron chi connectivity index (χ0n) is 48.0. The van der Waals surface area contributed by atoms with Crippen molar-refractivity contribution in [2.75, 3.05) is 36.2 Å². The van der Waals surface area contributed by atoms with Gasteiger partial charge in [-0.1, -0.05) is 96.9 Å². The number of nitrogens with one attached hydrogen (secondary N) is 3. The van der Waals surface area contributed by atoms with Crippen LogP contribution in [0.3, 0.4) is 0 Å². The molecule has 2 saturated heterocycles. The number of nitrogens with two attached hydrogens (primary N) is 1. The number of Topliss-reactive ketones (excluding diaryl/α,β-unsaturated/α-hetero) is 2. The lowest BCUT2D eigenvalue weighted by Crippen LogP contribution is -2.53. The Morgan fingerprint density at radius 3 is 2.40 bits per heavy atom. The molecule has 21 heteroatoms. The highest BCUT2D eigenvalue weighted by atomic mass is 79.9. The third kappa shape index (κ3) is 18.8. The van der Waals surface area contributed by atoms with Gasteiger partial charge in [0.15, 0.2) is 5.78 Å². The van der Waals surface area contributed by atoms with Crippen molar-refractivity contribution in [3.63, 3.8) is 0 Å². The number of carbonyl (C=O) groups is 8. The zero-order valence-corrected chi connectivity index (χ0v) is 50.4. The number of urea groups is 1. The van der Waals surface area contributed by atoms with Crippen LogP contribution in [0.4, 0.5) is 21.0 Å². The summed E-state index contributed by atoms with van der Waals surface area (Å²) in [4.78, 5) is 107. The van der Waals surface area contributed by atoms with Crippen molar-refractivity contribution in [3.05, 3.63) is 94.1 Å². The summed E-state index contributed by atoms with van der Waals surface area (Å²) in [5, 5.41) is 20.8. The molecule has 0 radical (unpaired) electrons. The van der Waals surface area contributed by atoms with Gasteiger partial charge in [0, 0.05) is 74.8 Å². The summed E-state index contributed by atoms with van der Waals surface area (Å²) in [7, 11) is 3.06. The Kier molecular flexibility index (Phi) is 24.3. The fourth-order valence-electron chi connectivity index (χ4n) is 10.4. The van der Waals surface area contributed by atoms with Crippen LogP contribution < -0.4 is 26.6 Å². The van der Waals surface area contributed by atoms with Crippen molar-refractivity contribution >= 4 is 86.3 Å². The number of anilines is 2. The molecule has 3 aliphatic heterocycles. The number of fused-ring (bicyclic) bond motifs is 5. The number of halogens is 2. The van der Waals surface area contributed by atoms with E-state index in [9.17, 15) is 43.5 Å². The number of alkyl halides is 1. The van der Waals surface area contributed by atoms with E-state index in [2.05, 4.69) is 38.5 Å². The van der Waals surface area contributed by atoms with Crippen LogP contribution in [0.2, 0.25) is 5.02 Å². The number of unbranched alkanes of at least 4 members (excludes halogenated alkanes) is 1. The van der Waals surface area contributed by atoms with Crippen LogP contribution in [-0.4, -0.2) is 126 Å². The summed E-state index contributed by atoms with van der Waals surface area (Å²) in [5.41, 5.74) is 6.59. The Morgan fingerprint density at radius 1 is 1.04 bits per heavy atom. The molecular formula is C60H81BrClN5O14. The van der Waals surface area contributed by atoms with Gasteiger partial charge in [0.1, 0.15) is 35.3 Å². The number of aryl methyl sites for hydroxylation is 1. The second kappa shape index (κ2) is 29.9. The Hall–Kier alpha value is -5.93. The number of carbonyl (C=O) groups excluding carboxylic acids is 8. The van der Waals surface area contributed by atoms with E-state index in [0.29, 0.717) is 65.0 Å². The molecule has 5 amide bonds. The Balaban J connectivity index is 1.29. The summed E-state index contributed by atoms with van der Waals surface area (Å²) in [5.74, 6) is -3.93. The lowest BCUT2D eigenvalue weighted by atomic mass is 9.78. The average Bonchev–Trinajstić information content (AvgIpc) is 4.25. The van der Waals surface area contributed by atoms with Gasteiger partial charge in [-0.3, -0.25) is 29.3 Å². The number of hydrogen-bond acceptors (Lipinski definition) is 14. The van der Waals surface area contributed by atoms with Gasteiger partial charge in [0.2, 0.25) is 11.8 Å². The molecule has 19 nitrogen and oxygen atoms in total. The molecule has 5 rings (SSSR count). The molecule has 0 aliphatic carbocycles. The van der Waals surface area contributed by atoms with Crippen LogP contribution in [-0.2, 0) is 65.3 Å². The molecule has 0 aromatic heterocycles. The van der Waals surface area contributed by atoms with Gasteiger partial charge in [-0.25, -0.2) is 14.4 Å². The summed E-state index contributed by atoms with van der Waals surface area (Å²) >= 11 is 10.0. The van der Waals surface area contributed by atoms with E-state index >= 15 is 0 Å². The molecule has 10 atom stereocenters. The quantitative estimate of drug-likeness (QED) is 0.0174. The molecule has 81 heavy (non-hydrogen) atoms. The van der Waals surface area contributed by atoms with Gasteiger partial charge < -0.3 is 50.1 Å². The second-order valence-electron chi connectivity index (χ2n) is 22.4. The standard InChI is InChI=1S/C60H81BrClN5O14/c1-34(2)44(29-43(68)17-12-11-16-38(6)78-56(73)37(5)33-61)55(72)66-45(18-14-24-64-57(63)74)47(69)28-40-20-22-42(23-21-40)65-58(75)80-50-30-51(70)67(9)46-27-41(26-36(4)53(46)62)25-35(3)15-13-19-49(77-10)60(76)31-48(79-52(71)32-60)39(7)54-59(50,8)81-54/h13,15,19-23,26-27,34,38-39,44-45,48-50,54,76H,5,11-12,14,16-18,24-25,28-33H2,1-4,6-10H3,(H,65,75)(H,66,72)(H3,63,64,74)/b19-13+,35-15+/t38?,39-,44+,45+,48+,49-,50+,54+,59+,60-/m1/s1. The second-order valence-corrected chi connectivity index (χ2v) is 23.3. The van der Waals surface area contributed by atoms with Gasteiger partial charge >= 0.3 is 24.1 Å². The predicted molar refractivity (Wildman–Crippen MR) is 311 cm³/mol. The molecule has 444 valence electrons. The van der Waals surface area contributed by atoms with Gasteiger partial charge in [0.05, 0.1) is 41.8 Å². The maximum absolute atomic E-state index is 14.4. The number of epoxide rings is 1. The van der Waals surface area contributed by atoms with Crippen molar-refractivity contribution in [1.29, 1.82) is 0 Å². The third-order valence-corrected chi connectivity index (χ3v) is 16.5. The fourth-order valence-corrected chi connectivity index (χ4v) is 10.9. The molecule has 2 fully saturated rings. The number of rotatable bonds is 23. The first-order valence-electron chi connectivity index (χ1n) is 27.6. The van der Waals surface area contributed by atoms with Crippen LogP contribution in [0.5, 0.6) is 0 Å². The van der Waals surface area contributed by atoms with Gasteiger partial charge in [0.25, 0.3) is 0 Å². The normalized spacial score (nSPS) is 25.1. The van der Waals surface area contributed by atoms with E-state index in [4.69, 9.17) is 41.0 Å². The number of allylic oxidation sites excluding steroid dienone is 3. The van der Waals surface area contributed by atoms with Gasteiger partial charge in [-0.15, -0.1) is 0 Å². The summed E-state index contributed by atoms with van der Waals surface area (Å²) < 4.78 is 29.4. The van der Waals surface area contributed by atoms with Crippen molar-refractivity contribution in [2.45, 2.75) is 173 Å². The molecule has 1 unspecified atom stereocenters. The van der Waals surface area contributed by atoms with Crippen LogP contribution in [0.1, 0.15) is 122 Å². The number of primary amides is 1. The lowest BCUT2D eigenvalue weighted by Gasteiger charge is -2.41. The Labute approximate surface area is 488 Å². The number of aliphatic hydroxyl groups is 1. The molecule has 0 saturated carbocycles.